The molecule has 2 aromatic rings. The molecular weight excluding hydrogens is 140 g/mol. The first-order valence-corrected chi connectivity index (χ1v) is 3.13. The summed E-state index contributed by atoms with van der Waals surface area (Å²) in [5, 5.41) is 0. The van der Waals surface area contributed by atoms with Crippen molar-refractivity contribution in [3.63, 3.8) is 0 Å². The Labute approximate surface area is 63.1 Å². The molecule has 1 aromatic carbocycles. The van der Waals surface area contributed by atoms with Gasteiger partial charge in [0.2, 0.25) is 0 Å². The van der Waals surface area contributed by atoms with Crippen molar-refractivity contribution in [2.24, 2.45) is 0 Å². The van der Waals surface area contributed by atoms with Gasteiger partial charge in [0.25, 0.3) is 0 Å². The van der Waals surface area contributed by atoms with Crippen molar-refractivity contribution in [3.8, 4) is 0 Å². The molecule has 1 aromatic heterocycles. The summed E-state index contributed by atoms with van der Waals surface area (Å²) < 4.78 is 5.05. The van der Waals surface area contributed by atoms with E-state index >= 15 is 0 Å². The van der Waals surface area contributed by atoms with Crippen LogP contribution in [-0.2, 0) is 0 Å². The van der Waals surface area contributed by atoms with E-state index in [1.54, 1.807) is 6.07 Å². The van der Waals surface area contributed by atoms with E-state index in [0.29, 0.717) is 5.58 Å². The Hall–Kier alpha value is -1.82. The molecule has 2 rings (SSSR count). The highest BCUT2D eigenvalue weighted by molar-refractivity contribution is 5.74. The van der Waals surface area contributed by atoms with Gasteiger partial charge >= 0.3 is 6.01 Å². The van der Waals surface area contributed by atoms with Crippen molar-refractivity contribution < 1.29 is 4.42 Å². The highest BCUT2D eigenvalue weighted by Gasteiger charge is 2.04. The number of hydrogen-bond acceptors (Lipinski definition) is 2. The Morgan fingerprint density at radius 3 is 2.91 bits per heavy atom. The van der Waals surface area contributed by atoms with Crippen LogP contribution < -0.4 is 0 Å². The number of hydrogen-bond donors (Lipinski definition) is 0. The van der Waals surface area contributed by atoms with Gasteiger partial charge in [0, 0.05) is 0 Å². The predicted molar refractivity (Wildman–Crippen MR) is 40.3 cm³/mol. The molecule has 0 aliphatic heterocycles. The molecular formula is C8H4N2O. The summed E-state index contributed by atoms with van der Waals surface area (Å²) in [6.07, 6.45) is 0. The normalized spacial score (nSPS) is 9.73. The van der Waals surface area contributed by atoms with Gasteiger partial charge < -0.3 is 9.26 Å². The summed E-state index contributed by atoms with van der Waals surface area (Å²) in [5.41, 5.74) is 1.40. The molecule has 0 saturated heterocycles. The van der Waals surface area contributed by atoms with Crippen LogP contribution >= 0.6 is 0 Å². The standard InChI is InChI=1S/C8H4N2O/c1-9-8-10-6-4-2-3-5-7(6)11-8/h2-5H. The van der Waals surface area contributed by atoms with Crippen molar-refractivity contribution in [2.45, 2.75) is 0 Å². The molecule has 1 heterocycles. The van der Waals surface area contributed by atoms with Gasteiger partial charge in [0.05, 0.1) is 0 Å². The zero-order valence-corrected chi connectivity index (χ0v) is 5.61. The van der Waals surface area contributed by atoms with Gasteiger partial charge in [0.15, 0.2) is 11.1 Å². The summed E-state index contributed by atoms with van der Waals surface area (Å²) in [6.45, 7) is 6.64. The van der Waals surface area contributed by atoms with Crippen LogP contribution in [0.2, 0.25) is 0 Å². The Balaban J connectivity index is 2.81. The largest absolute Gasteiger partial charge is 0.460 e. The molecule has 3 nitrogen and oxygen atoms in total. The molecule has 0 amide bonds. The first-order chi connectivity index (χ1) is 5.40. The maximum atomic E-state index is 6.64. The average molecular weight is 144 g/mol. The zero-order chi connectivity index (χ0) is 7.68. The lowest BCUT2D eigenvalue weighted by Gasteiger charge is -1.78. The minimum atomic E-state index is 0.103. The number of para-hydroxylation sites is 2. The van der Waals surface area contributed by atoms with E-state index in [4.69, 9.17) is 11.0 Å². The zero-order valence-electron chi connectivity index (χ0n) is 5.61. The second-order valence-corrected chi connectivity index (χ2v) is 2.08. The van der Waals surface area contributed by atoms with Crippen LogP contribution in [0.4, 0.5) is 6.01 Å². The minimum absolute atomic E-state index is 0.103. The van der Waals surface area contributed by atoms with E-state index in [1.165, 1.54) is 0 Å². The van der Waals surface area contributed by atoms with Gasteiger partial charge in [-0.2, -0.15) is 0 Å². The summed E-state index contributed by atoms with van der Waals surface area (Å²) in [6, 6.07) is 7.41. The van der Waals surface area contributed by atoms with Crippen LogP contribution in [0.1, 0.15) is 0 Å². The maximum Gasteiger partial charge on any atom is 0.450 e. The molecule has 0 fully saturated rings. The van der Waals surface area contributed by atoms with E-state index in [-0.39, 0.29) is 6.01 Å². The average Bonchev–Trinajstić information content (AvgIpc) is 2.46. The fourth-order valence-corrected chi connectivity index (χ4v) is 0.908. The van der Waals surface area contributed by atoms with Crippen molar-refractivity contribution in [1.29, 1.82) is 0 Å². The molecule has 0 spiro atoms. The first-order valence-electron chi connectivity index (χ1n) is 3.13. The molecule has 0 atom stereocenters. The predicted octanol–water partition coefficient (Wildman–Crippen LogP) is 2.38. The van der Waals surface area contributed by atoms with Crippen molar-refractivity contribution in [2.75, 3.05) is 0 Å². The number of oxazole rings is 1. The Bertz CT molecular complexity index is 392. The van der Waals surface area contributed by atoms with Crippen molar-refractivity contribution >= 4 is 17.1 Å². The third kappa shape index (κ3) is 0.849. The van der Waals surface area contributed by atoms with Crippen LogP contribution in [0, 0.1) is 6.57 Å². The monoisotopic (exact) mass is 144 g/mol. The lowest BCUT2D eigenvalue weighted by Crippen LogP contribution is -1.62. The molecule has 0 radical (unpaired) electrons. The fourth-order valence-electron chi connectivity index (χ4n) is 0.908. The number of rotatable bonds is 0. The second-order valence-electron chi connectivity index (χ2n) is 2.08. The van der Waals surface area contributed by atoms with Gasteiger partial charge in [-0.05, 0) is 12.1 Å². The molecule has 0 N–H and O–H groups in total. The molecule has 11 heavy (non-hydrogen) atoms. The summed E-state index contributed by atoms with van der Waals surface area (Å²) in [4.78, 5) is 6.99. The summed E-state index contributed by atoms with van der Waals surface area (Å²) >= 11 is 0. The Kier molecular flexibility index (Phi) is 1.13. The minimum Gasteiger partial charge on any atom is -0.460 e. The third-order valence-corrected chi connectivity index (χ3v) is 1.38. The van der Waals surface area contributed by atoms with Crippen LogP contribution in [0.25, 0.3) is 15.9 Å². The van der Waals surface area contributed by atoms with E-state index in [9.17, 15) is 0 Å². The summed E-state index contributed by atoms with van der Waals surface area (Å²) in [7, 11) is 0. The van der Waals surface area contributed by atoms with Gasteiger partial charge in [-0.15, -0.1) is 0 Å². The molecule has 0 aliphatic rings. The van der Waals surface area contributed by atoms with Crippen LogP contribution in [0.5, 0.6) is 0 Å². The second kappa shape index (κ2) is 2.10. The quantitative estimate of drug-likeness (QED) is 0.531. The van der Waals surface area contributed by atoms with Crippen LogP contribution in [-0.4, -0.2) is 4.98 Å². The highest BCUT2D eigenvalue weighted by atomic mass is 16.4. The lowest BCUT2D eigenvalue weighted by molar-refractivity contribution is 0.632. The van der Waals surface area contributed by atoms with Crippen LogP contribution in [0.3, 0.4) is 0 Å². The SMILES string of the molecule is [C-]#[N+]c1nc2ccccc2o1. The molecule has 52 valence electrons. The lowest BCUT2D eigenvalue weighted by atomic mass is 10.3. The van der Waals surface area contributed by atoms with Crippen molar-refractivity contribution in [3.05, 3.63) is 35.7 Å². The van der Waals surface area contributed by atoms with E-state index in [2.05, 4.69) is 9.83 Å². The Morgan fingerprint density at radius 2 is 2.18 bits per heavy atom. The molecule has 3 heteroatoms. The van der Waals surface area contributed by atoms with Gasteiger partial charge in [-0.3, -0.25) is 0 Å². The Morgan fingerprint density at radius 1 is 1.36 bits per heavy atom. The smallest absolute Gasteiger partial charge is 0.450 e. The van der Waals surface area contributed by atoms with E-state index in [1.807, 2.05) is 18.2 Å². The highest BCUT2D eigenvalue weighted by Crippen LogP contribution is 2.19. The molecule has 0 bridgehead atoms. The van der Waals surface area contributed by atoms with Gasteiger partial charge in [0.1, 0.15) is 0 Å². The van der Waals surface area contributed by atoms with Crippen LogP contribution in [0.15, 0.2) is 28.7 Å². The summed E-state index contributed by atoms with van der Waals surface area (Å²) in [5.74, 6) is 0. The topological polar surface area (TPSA) is 30.4 Å². The molecule has 0 aliphatic carbocycles. The number of aromatic nitrogens is 1. The fraction of sp³-hybridized carbons (Fsp3) is 0. The van der Waals surface area contributed by atoms with Crippen molar-refractivity contribution in [1.82, 2.24) is 4.98 Å². The number of fused-ring (bicyclic) bond motifs is 1. The van der Waals surface area contributed by atoms with Gasteiger partial charge in [-0.1, -0.05) is 23.7 Å². The van der Waals surface area contributed by atoms with E-state index in [0.717, 1.165) is 5.52 Å². The maximum absolute atomic E-state index is 6.64. The number of nitrogens with zero attached hydrogens (tertiary/aromatic N) is 2. The number of benzene rings is 1. The first kappa shape index (κ1) is 5.93. The van der Waals surface area contributed by atoms with Gasteiger partial charge in [-0.25, -0.2) is 0 Å². The molecule has 0 saturated carbocycles. The van der Waals surface area contributed by atoms with E-state index < -0.39 is 0 Å². The molecule has 0 unspecified atom stereocenters. The third-order valence-electron chi connectivity index (χ3n) is 1.38.